The summed E-state index contributed by atoms with van der Waals surface area (Å²) < 4.78 is 20.8. The average Bonchev–Trinajstić information content (AvgIpc) is 2.70. The van der Waals surface area contributed by atoms with Crippen LogP contribution in [0.25, 0.3) is 16.9 Å². The second kappa shape index (κ2) is 8.88. The van der Waals surface area contributed by atoms with Gasteiger partial charge in [0.05, 0.1) is 5.69 Å². The van der Waals surface area contributed by atoms with E-state index in [0.717, 1.165) is 22.2 Å². The fourth-order valence-corrected chi connectivity index (χ4v) is 2.61. The highest BCUT2D eigenvalue weighted by Crippen LogP contribution is 2.12. The Morgan fingerprint density at radius 2 is 1.86 bits per heavy atom. The first kappa shape index (κ1) is 20.6. The van der Waals surface area contributed by atoms with Crippen LogP contribution in [0.5, 0.6) is 6.01 Å². The number of benzene rings is 1. The Hall–Kier alpha value is -3.18. The average molecular weight is 403 g/mol. The predicted molar refractivity (Wildman–Crippen MR) is 105 cm³/mol. The predicted octanol–water partition coefficient (Wildman–Crippen LogP) is -0.456. The van der Waals surface area contributed by atoms with E-state index < -0.39 is 17.1 Å². The summed E-state index contributed by atoms with van der Waals surface area (Å²) in [6, 6.07) is 5.17. The van der Waals surface area contributed by atoms with Crippen LogP contribution in [0.3, 0.4) is 0 Å². The van der Waals surface area contributed by atoms with Crippen molar-refractivity contribution in [2.75, 3.05) is 40.3 Å². The second-order valence-corrected chi connectivity index (χ2v) is 6.63. The van der Waals surface area contributed by atoms with Gasteiger partial charge in [-0.2, -0.15) is 4.98 Å². The highest BCUT2D eigenvalue weighted by atomic mass is 19.1. The van der Waals surface area contributed by atoms with E-state index in [0.29, 0.717) is 18.8 Å². The van der Waals surface area contributed by atoms with Gasteiger partial charge in [-0.1, -0.05) is 5.10 Å². The molecule has 0 saturated heterocycles. The lowest BCUT2D eigenvalue weighted by Gasteiger charge is -2.12. The van der Waals surface area contributed by atoms with Crippen LogP contribution in [-0.4, -0.2) is 69.6 Å². The Morgan fingerprint density at radius 3 is 2.55 bits per heavy atom. The maximum absolute atomic E-state index is 13.2. The van der Waals surface area contributed by atoms with Crippen LogP contribution in [0.1, 0.15) is 0 Å². The molecule has 0 saturated carbocycles. The first-order valence-electron chi connectivity index (χ1n) is 8.99. The number of hydrogen-bond acceptors (Lipinski definition) is 8. The molecule has 3 rings (SSSR count). The van der Waals surface area contributed by atoms with Crippen molar-refractivity contribution in [2.24, 2.45) is 7.05 Å². The summed E-state index contributed by atoms with van der Waals surface area (Å²) in [5.41, 5.74) is -1.01. The smallest absolute Gasteiger partial charge is 0.337 e. The zero-order chi connectivity index (χ0) is 21.0. The highest BCUT2D eigenvalue weighted by Gasteiger charge is 2.17. The molecule has 2 heterocycles. The van der Waals surface area contributed by atoms with Gasteiger partial charge in [-0.3, -0.25) is 9.36 Å². The summed E-state index contributed by atoms with van der Waals surface area (Å²) in [7, 11) is 5.30. The van der Waals surface area contributed by atoms with Crippen LogP contribution in [0.15, 0.2) is 33.9 Å². The lowest BCUT2D eigenvalue weighted by molar-refractivity contribution is 0.284. The number of likely N-dealkylation sites (N-methyl/N-ethyl adjacent to an activating group) is 1. The summed E-state index contributed by atoms with van der Waals surface area (Å²) in [4.78, 5) is 31.3. The van der Waals surface area contributed by atoms with Crippen LogP contribution in [0.2, 0.25) is 0 Å². The van der Waals surface area contributed by atoms with Crippen molar-refractivity contribution < 1.29 is 9.13 Å². The fourth-order valence-electron chi connectivity index (χ4n) is 2.61. The van der Waals surface area contributed by atoms with Crippen LogP contribution in [0, 0.1) is 5.82 Å². The number of ether oxygens (including phenoxy) is 1. The zero-order valence-electron chi connectivity index (χ0n) is 16.4. The normalized spacial score (nSPS) is 11.3. The van der Waals surface area contributed by atoms with E-state index >= 15 is 0 Å². The molecule has 29 heavy (non-hydrogen) atoms. The molecule has 0 amide bonds. The van der Waals surface area contributed by atoms with Crippen molar-refractivity contribution >= 4 is 11.2 Å². The van der Waals surface area contributed by atoms with Gasteiger partial charge in [-0.05, 0) is 38.4 Å². The Bertz CT molecular complexity index is 1110. The Balaban J connectivity index is 1.88. The number of halogens is 1. The molecule has 0 fully saturated rings. The van der Waals surface area contributed by atoms with Gasteiger partial charge in [0.15, 0.2) is 11.2 Å². The molecule has 3 aromatic rings. The fraction of sp³-hybridized carbons (Fsp3) is 0.389. The van der Waals surface area contributed by atoms with Gasteiger partial charge < -0.3 is 15.0 Å². The minimum Gasteiger partial charge on any atom is -0.461 e. The SMILES string of the molecule is CN(C)CCNCCOc1nnc2c(n1)c(=O)n(C)c(=O)n2-c1ccc(F)cc1. The third-order valence-electron chi connectivity index (χ3n) is 4.18. The Labute approximate surface area is 165 Å². The second-order valence-electron chi connectivity index (χ2n) is 6.63. The van der Waals surface area contributed by atoms with Crippen LogP contribution in [0.4, 0.5) is 4.39 Å². The summed E-state index contributed by atoms with van der Waals surface area (Å²) >= 11 is 0. The number of aromatic nitrogens is 5. The molecule has 0 atom stereocenters. The number of hydrogen-bond donors (Lipinski definition) is 1. The first-order valence-corrected chi connectivity index (χ1v) is 8.99. The topological polar surface area (TPSA) is 107 Å². The minimum absolute atomic E-state index is 0.0267. The van der Waals surface area contributed by atoms with Crippen LogP contribution in [-0.2, 0) is 7.05 Å². The molecule has 1 aromatic carbocycles. The van der Waals surface area contributed by atoms with Gasteiger partial charge in [0.25, 0.3) is 5.56 Å². The van der Waals surface area contributed by atoms with E-state index in [1.165, 1.54) is 31.3 Å². The minimum atomic E-state index is -0.635. The van der Waals surface area contributed by atoms with Gasteiger partial charge in [-0.15, -0.1) is 5.10 Å². The lowest BCUT2D eigenvalue weighted by Crippen LogP contribution is -2.38. The molecular weight excluding hydrogens is 381 g/mol. The van der Waals surface area contributed by atoms with Crippen LogP contribution < -0.4 is 21.3 Å². The molecule has 0 bridgehead atoms. The van der Waals surface area contributed by atoms with Gasteiger partial charge in [0.1, 0.15) is 12.4 Å². The third-order valence-corrected chi connectivity index (χ3v) is 4.18. The van der Waals surface area contributed by atoms with Crippen LogP contribution >= 0.6 is 0 Å². The quantitative estimate of drug-likeness (QED) is 0.504. The van der Waals surface area contributed by atoms with E-state index in [-0.39, 0.29) is 17.2 Å². The molecule has 0 aliphatic rings. The molecule has 2 aromatic heterocycles. The number of rotatable bonds is 8. The van der Waals surface area contributed by atoms with E-state index in [4.69, 9.17) is 4.74 Å². The summed E-state index contributed by atoms with van der Waals surface area (Å²) in [5.74, 6) is -0.449. The molecule has 0 aliphatic heterocycles. The lowest BCUT2D eigenvalue weighted by atomic mass is 10.3. The monoisotopic (exact) mass is 403 g/mol. The largest absolute Gasteiger partial charge is 0.461 e. The number of nitrogens with zero attached hydrogens (tertiary/aromatic N) is 6. The Morgan fingerprint density at radius 1 is 1.14 bits per heavy atom. The molecule has 11 heteroatoms. The standard InChI is InChI=1S/C18H22FN7O3/c1-24(2)10-8-20-9-11-29-17-21-14-15(22-23-17)26(18(28)25(3)16(14)27)13-6-4-12(19)5-7-13/h4-7,20H,8-11H2,1-3H3. The maximum Gasteiger partial charge on any atom is 0.337 e. The number of fused-ring (bicyclic) bond motifs is 1. The summed E-state index contributed by atoms with van der Waals surface area (Å²) in [6.45, 7) is 2.56. The zero-order valence-corrected chi connectivity index (χ0v) is 16.4. The first-order chi connectivity index (χ1) is 13.9. The third kappa shape index (κ3) is 4.63. The van der Waals surface area contributed by atoms with Crippen molar-refractivity contribution in [2.45, 2.75) is 0 Å². The number of nitrogens with one attached hydrogen (secondary N) is 1. The molecule has 0 unspecified atom stereocenters. The van der Waals surface area contributed by atoms with E-state index in [1.54, 1.807) is 0 Å². The highest BCUT2D eigenvalue weighted by molar-refractivity contribution is 5.70. The van der Waals surface area contributed by atoms with Crippen molar-refractivity contribution in [3.63, 3.8) is 0 Å². The Kier molecular flexibility index (Phi) is 6.29. The molecule has 154 valence electrons. The molecule has 0 radical (unpaired) electrons. The van der Waals surface area contributed by atoms with E-state index in [9.17, 15) is 14.0 Å². The van der Waals surface area contributed by atoms with Gasteiger partial charge in [0, 0.05) is 26.7 Å². The van der Waals surface area contributed by atoms with Gasteiger partial charge >= 0.3 is 11.7 Å². The maximum atomic E-state index is 13.2. The molecule has 0 aliphatic carbocycles. The summed E-state index contributed by atoms with van der Waals surface area (Å²) in [6.07, 6.45) is 0. The molecular formula is C18H22FN7O3. The van der Waals surface area contributed by atoms with Crippen molar-refractivity contribution in [3.05, 3.63) is 50.9 Å². The molecule has 10 nitrogen and oxygen atoms in total. The van der Waals surface area contributed by atoms with E-state index in [1.807, 2.05) is 14.1 Å². The van der Waals surface area contributed by atoms with Crippen molar-refractivity contribution in [3.8, 4) is 11.7 Å². The van der Waals surface area contributed by atoms with Gasteiger partial charge in [-0.25, -0.2) is 13.8 Å². The molecule has 1 N–H and O–H groups in total. The van der Waals surface area contributed by atoms with E-state index in [2.05, 4.69) is 25.4 Å². The van der Waals surface area contributed by atoms with Crippen molar-refractivity contribution in [1.29, 1.82) is 0 Å². The van der Waals surface area contributed by atoms with Crippen molar-refractivity contribution in [1.82, 2.24) is 34.5 Å². The summed E-state index contributed by atoms with van der Waals surface area (Å²) in [5, 5.41) is 11.0. The molecule has 0 spiro atoms. The van der Waals surface area contributed by atoms with Gasteiger partial charge in [0.2, 0.25) is 0 Å².